The zero-order valence-corrected chi connectivity index (χ0v) is 18.5. The molecule has 0 bridgehead atoms. The van der Waals surface area contributed by atoms with E-state index in [1.54, 1.807) is 32.0 Å². The van der Waals surface area contributed by atoms with Crippen molar-refractivity contribution in [1.29, 1.82) is 0 Å². The van der Waals surface area contributed by atoms with Gasteiger partial charge in [-0.25, -0.2) is 18.0 Å². The highest BCUT2D eigenvalue weighted by Crippen LogP contribution is 2.22. The summed E-state index contributed by atoms with van der Waals surface area (Å²) in [5.41, 5.74) is 1.66. The minimum atomic E-state index is -3.97. The lowest BCUT2D eigenvalue weighted by Gasteiger charge is -2.15. The Morgan fingerprint density at radius 1 is 1.06 bits per heavy atom. The molecule has 10 heteroatoms. The molecule has 0 radical (unpaired) electrons. The molecule has 9 nitrogen and oxygen atoms in total. The highest BCUT2D eigenvalue weighted by molar-refractivity contribution is 7.92. The number of hydrogen-bond donors (Lipinski definition) is 3. The number of anilines is 1. The smallest absolute Gasteiger partial charge is 0.338 e. The van der Waals surface area contributed by atoms with Crippen molar-refractivity contribution in [3.05, 3.63) is 59.2 Å². The minimum absolute atomic E-state index is 0.0483. The van der Waals surface area contributed by atoms with Crippen molar-refractivity contribution in [2.24, 2.45) is 0 Å². The van der Waals surface area contributed by atoms with E-state index in [0.717, 1.165) is 5.56 Å². The zero-order chi connectivity index (χ0) is 23.2. The lowest BCUT2D eigenvalue weighted by molar-refractivity contribution is -0.127. The highest BCUT2D eigenvalue weighted by atomic mass is 32.2. The molecule has 31 heavy (non-hydrogen) atoms. The van der Waals surface area contributed by atoms with E-state index in [1.165, 1.54) is 25.1 Å². The van der Waals surface area contributed by atoms with Crippen LogP contribution in [0.5, 0.6) is 0 Å². The molecule has 0 heterocycles. The minimum Gasteiger partial charge on any atom is -0.449 e. The van der Waals surface area contributed by atoms with Crippen LogP contribution in [-0.4, -0.2) is 39.0 Å². The van der Waals surface area contributed by atoms with E-state index >= 15 is 0 Å². The molecule has 1 unspecified atom stereocenters. The maximum absolute atomic E-state index is 12.9. The maximum Gasteiger partial charge on any atom is 0.338 e. The number of aryl methyl sites for hydroxylation is 2. The first kappa shape index (κ1) is 23.9. The second-order valence-corrected chi connectivity index (χ2v) is 8.50. The number of ether oxygens (including phenoxy) is 1. The quantitative estimate of drug-likeness (QED) is 0.559. The molecule has 0 aliphatic rings. The number of sulfonamides is 1. The molecule has 3 amide bonds. The van der Waals surface area contributed by atoms with Crippen molar-refractivity contribution in [3.63, 3.8) is 0 Å². The van der Waals surface area contributed by atoms with Crippen LogP contribution in [0.15, 0.2) is 47.4 Å². The Balaban J connectivity index is 2.18. The van der Waals surface area contributed by atoms with Crippen LogP contribution in [0, 0.1) is 13.8 Å². The number of carbonyl (C=O) groups excluding carboxylic acids is 3. The first-order valence-electron chi connectivity index (χ1n) is 9.53. The molecule has 2 aromatic rings. The van der Waals surface area contributed by atoms with Crippen molar-refractivity contribution in [2.45, 2.75) is 38.7 Å². The Labute approximate surface area is 181 Å². The van der Waals surface area contributed by atoms with E-state index < -0.39 is 34.0 Å². The molecule has 0 aromatic heterocycles. The normalized spacial score (nSPS) is 11.9. The average Bonchev–Trinajstić information content (AvgIpc) is 2.67. The highest BCUT2D eigenvalue weighted by Gasteiger charge is 2.23. The van der Waals surface area contributed by atoms with E-state index in [4.69, 9.17) is 4.74 Å². The molecule has 0 aliphatic carbocycles. The van der Waals surface area contributed by atoms with Crippen LogP contribution < -0.4 is 15.4 Å². The fourth-order valence-corrected chi connectivity index (χ4v) is 3.96. The second kappa shape index (κ2) is 10.1. The predicted octanol–water partition coefficient (Wildman–Crippen LogP) is 2.50. The number of nitrogens with one attached hydrogen (secondary N) is 3. The summed E-state index contributed by atoms with van der Waals surface area (Å²) in [5, 5.41) is 4.43. The molecule has 0 saturated carbocycles. The fraction of sp³-hybridized carbons (Fsp3) is 0.286. The van der Waals surface area contributed by atoms with Gasteiger partial charge in [0.1, 0.15) is 0 Å². The third-order valence-electron chi connectivity index (χ3n) is 4.21. The summed E-state index contributed by atoms with van der Waals surface area (Å²) >= 11 is 0. The lowest BCUT2D eigenvalue weighted by Crippen LogP contribution is -2.44. The van der Waals surface area contributed by atoms with Gasteiger partial charge < -0.3 is 10.1 Å². The van der Waals surface area contributed by atoms with Crippen molar-refractivity contribution in [1.82, 2.24) is 10.6 Å². The van der Waals surface area contributed by atoms with Gasteiger partial charge in [0, 0.05) is 12.2 Å². The van der Waals surface area contributed by atoms with Crippen molar-refractivity contribution < 1.29 is 27.5 Å². The summed E-state index contributed by atoms with van der Waals surface area (Å²) in [5.74, 6) is -1.70. The van der Waals surface area contributed by atoms with Gasteiger partial charge in [0.25, 0.3) is 15.9 Å². The summed E-state index contributed by atoms with van der Waals surface area (Å²) in [6.07, 6.45) is -1.26. The third kappa shape index (κ3) is 6.54. The lowest BCUT2D eigenvalue weighted by atomic mass is 10.1. The number of esters is 1. The molecule has 2 aromatic carbocycles. The number of carbonyl (C=O) groups is 3. The molecule has 1 atom stereocenters. The van der Waals surface area contributed by atoms with Gasteiger partial charge >= 0.3 is 12.0 Å². The van der Waals surface area contributed by atoms with Gasteiger partial charge in [-0.3, -0.25) is 14.8 Å². The number of benzene rings is 2. The zero-order valence-electron chi connectivity index (χ0n) is 17.7. The fourth-order valence-electron chi connectivity index (χ4n) is 2.64. The SMILES string of the molecule is CCNC(=O)NC(=O)C(C)OC(=O)c1ccc(C)c(S(=O)(=O)Nc2cccc(C)c2)c1. The summed E-state index contributed by atoms with van der Waals surface area (Å²) in [4.78, 5) is 35.7. The third-order valence-corrected chi connectivity index (χ3v) is 5.73. The van der Waals surface area contributed by atoms with Gasteiger partial charge in [-0.15, -0.1) is 0 Å². The summed E-state index contributed by atoms with van der Waals surface area (Å²) in [7, 11) is -3.97. The van der Waals surface area contributed by atoms with Gasteiger partial charge in [-0.2, -0.15) is 0 Å². The number of urea groups is 1. The Hall–Kier alpha value is -3.40. The van der Waals surface area contributed by atoms with Crippen LogP contribution in [0.2, 0.25) is 0 Å². The molecule has 0 aliphatic heterocycles. The first-order valence-corrected chi connectivity index (χ1v) is 11.0. The summed E-state index contributed by atoms with van der Waals surface area (Å²) in [6.45, 7) is 6.75. The maximum atomic E-state index is 12.9. The topological polar surface area (TPSA) is 131 Å². The van der Waals surface area contributed by atoms with Crippen LogP contribution in [0.4, 0.5) is 10.5 Å². The van der Waals surface area contributed by atoms with Gasteiger partial charge in [0.2, 0.25) is 0 Å². The Morgan fingerprint density at radius 3 is 2.42 bits per heavy atom. The number of hydrogen-bond acceptors (Lipinski definition) is 6. The van der Waals surface area contributed by atoms with Crippen molar-refractivity contribution in [2.75, 3.05) is 11.3 Å². The number of amides is 3. The molecule has 0 spiro atoms. The Morgan fingerprint density at radius 2 is 1.77 bits per heavy atom. The average molecular weight is 448 g/mol. The van der Waals surface area contributed by atoms with E-state index in [-0.39, 0.29) is 10.5 Å². The van der Waals surface area contributed by atoms with E-state index in [9.17, 15) is 22.8 Å². The molecular formula is C21H25N3O6S. The molecule has 0 saturated heterocycles. The standard InChI is InChI=1S/C21H25N3O6S/c1-5-22-21(27)23-19(25)15(4)30-20(26)16-10-9-14(3)18(12-16)31(28,29)24-17-8-6-7-13(2)11-17/h6-12,15,24H,5H2,1-4H3,(H2,22,23,25,27). The van der Waals surface area contributed by atoms with Gasteiger partial charge in [0.15, 0.2) is 6.10 Å². The molecule has 166 valence electrons. The van der Waals surface area contributed by atoms with E-state index in [1.807, 2.05) is 18.3 Å². The summed E-state index contributed by atoms with van der Waals surface area (Å²) < 4.78 is 33.3. The van der Waals surface area contributed by atoms with Crippen LogP contribution in [0.3, 0.4) is 0 Å². The molecule has 2 rings (SSSR count). The number of rotatable bonds is 7. The van der Waals surface area contributed by atoms with Crippen LogP contribution >= 0.6 is 0 Å². The van der Waals surface area contributed by atoms with E-state index in [0.29, 0.717) is 17.8 Å². The van der Waals surface area contributed by atoms with Crippen LogP contribution in [0.1, 0.15) is 35.3 Å². The first-order chi connectivity index (χ1) is 14.5. The Bertz CT molecular complexity index is 1100. The second-order valence-electron chi connectivity index (χ2n) is 6.85. The van der Waals surface area contributed by atoms with Crippen LogP contribution in [-0.2, 0) is 19.6 Å². The molecule has 3 N–H and O–H groups in total. The van der Waals surface area contributed by atoms with Gasteiger partial charge in [0.05, 0.1) is 10.5 Å². The monoisotopic (exact) mass is 447 g/mol. The largest absolute Gasteiger partial charge is 0.449 e. The van der Waals surface area contributed by atoms with Gasteiger partial charge in [-0.05, 0) is 63.1 Å². The van der Waals surface area contributed by atoms with E-state index in [2.05, 4.69) is 10.0 Å². The molecule has 0 fully saturated rings. The van der Waals surface area contributed by atoms with Crippen molar-refractivity contribution in [3.8, 4) is 0 Å². The number of imide groups is 1. The van der Waals surface area contributed by atoms with Gasteiger partial charge in [-0.1, -0.05) is 18.2 Å². The van der Waals surface area contributed by atoms with Crippen LogP contribution in [0.25, 0.3) is 0 Å². The molecular weight excluding hydrogens is 422 g/mol. The van der Waals surface area contributed by atoms with Crippen molar-refractivity contribution >= 4 is 33.6 Å². The predicted molar refractivity (Wildman–Crippen MR) is 115 cm³/mol. The Kier molecular flexibility index (Phi) is 7.76. The summed E-state index contributed by atoms with van der Waals surface area (Å²) in [6, 6.07) is 10.2.